The van der Waals surface area contributed by atoms with Crippen LogP contribution in [0, 0.1) is 0 Å². The van der Waals surface area contributed by atoms with E-state index in [1.54, 1.807) is 11.3 Å². The second kappa shape index (κ2) is 5.53. The third-order valence-corrected chi connectivity index (χ3v) is 6.34. The Morgan fingerprint density at radius 1 is 1.08 bits per heavy atom. The number of rotatable bonds is 2. The number of aromatic amines is 1. The van der Waals surface area contributed by atoms with E-state index in [0.29, 0.717) is 12.2 Å². The molecule has 1 N–H and O–H groups in total. The highest BCUT2D eigenvalue weighted by atomic mass is 32.1. The van der Waals surface area contributed by atoms with Gasteiger partial charge in [0.1, 0.15) is 0 Å². The molecule has 4 aromatic rings. The Hall–Kier alpha value is -2.44. The predicted octanol–water partition coefficient (Wildman–Crippen LogP) is 4.21. The van der Waals surface area contributed by atoms with Crippen LogP contribution in [0.25, 0.3) is 32.5 Å². The highest BCUT2D eigenvalue weighted by Gasteiger charge is 2.35. The van der Waals surface area contributed by atoms with Crippen LogP contribution in [0.2, 0.25) is 0 Å². The summed E-state index contributed by atoms with van der Waals surface area (Å²) in [6.07, 6.45) is 4.98. The third kappa shape index (κ3) is 2.26. The lowest BCUT2D eigenvalue weighted by molar-refractivity contribution is 0.0303. The van der Waals surface area contributed by atoms with Gasteiger partial charge in [0.2, 0.25) is 0 Å². The minimum Gasteiger partial charge on any atom is -0.371 e. The molecule has 2 saturated heterocycles. The first-order valence-electron chi connectivity index (χ1n) is 9.07. The van der Waals surface area contributed by atoms with Gasteiger partial charge in [-0.1, -0.05) is 0 Å². The normalized spacial score (nSPS) is 22.5. The topological polar surface area (TPSA) is 54.0 Å². The number of aromatic nitrogens is 3. The molecule has 0 saturated carbocycles. The maximum atomic E-state index is 6.01. The summed E-state index contributed by atoms with van der Waals surface area (Å²) in [4.78, 5) is 15.5. The largest absolute Gasteiger partial charge is 0.371 e. The minimum atomic E-state index is 0.346. The SMILES string of the molecule is c1cc2cc(-c3nc(N4CC5CCC(C4)O5)c4sccc4n3)ccc2[nH]1. The zero-order valence-corrected chi connectivity index (χ0v) is 15.0. The molecule has 2 aliphatic heterocycles. The predicted molar refractivity (Wildman–Crippen MR) is 105 cm³/mol. The quantitative estimate of drug-likeness (QED) is 0.580. The van der Waals surface area contributed by atoms with Crippen LogP contribution in [-0.4, -0.2) is 40.2 Å². The van der Waals surface area contributed by atoms with Crippen molar-refractivity contribution in [1.29, 1.82) is 0 Å². The molecule has 5 heterocycles. The fraction of sp³-hybridized carbons (Fsp3) is 0.300. The van der Waals surface area contributed by atoms with Crippen molar-refractivity contribution in [3.63, 3.8) is 0 Å². The average Bonchev–Trinajstić information content (AvgIpc) is 3.39. The van der Waals surface area contributed by atoms with Gasteiger partial charge in [-0.2, -0.15) is 0 Å². The molecule has 5 nitrogen and oxygen atoms in total. The Kier molecular flexibility index (Phi) is 3.12. The van der Waals surface area contributed by atoms with Crippen molar-refractivity contribution in [2.24, 2.45) is 0 Å². The van der Waals surface area contributed by atoms with E-state index in [1.807, 2.05) is 6.20 Å². The molecule has 6 heteroatoms. The minimum absolute atomic E-state index is 0.346. The smallest absolute Gasteiger partial charge is 0.162 e. The van der Waals surface area contributed by atoms with Crippen LogP contribution in [0.15, 0.2) is 41.9 Å². The van der Waals surface area contributed by atoms with Crippen LogP contribution < -0.4 is 4.90 Å². The van der Waals surface area contributed by atoms with E-state index >= 15 is 0 Å². The van der Waals surface area contributed by atoms with Gasteiger partial charge in [0.15, 0.2) is 11.6 Å². The average molecular weight is 362 g/mol. The first-order chi connectivity index (χ1) is 12.8. The zero-order chi connectivity index (χ0) is 17.1. The van der Waals surface area contributed by atoms with Gasteiger partial charge in [-0.05, 0) is 48.6 Å². The molecule has 2 bridgehead atoms. The summed E-state index contributed by atoms with van der Waals surface area (Å²) < 4.78 is 7.19. The highest BCUT2D eigenvalue weighted by molar-refractivity contribution is 7.17. The number of hydrogen-bond donors (Lipinski definition) is 1. The molecule has 0 aliphatic carbocycles. The third-order valence-electron chi connectivity index (χ3n) is 5.44. The second-order valence-electron chi connectivity index (χ2n) is 7.15. The monoisotopic (exact) mass is 362 g/mol. The molecule has 0 radical (unpaired) electrons. The van der Waals surface area contributed by atoms with E-state index in [2.05, 4.69) is 45.6 Å². The molecule has 1 aromatic carbocycles. The molecule has 2 unspecified atom stereocenters. The van der Waals surface area contributed by atoms with E-state index in [1.165, 1.54) is 10.1 Å². The Labute approximate surface area is 154 Å². The van der Waals surface area contributed by atoms with Crippen molar-refractivity contribution in [3.05, 3.63) is 41.9 Å². The van der Waals surface area contributed by atoms with E-state index in [0.717, 1.165) is 54.2 Å². The van der Waals surface area contributed by atoms with Crippen molar-refractivity contribution in [1.82, 2.24) is 15.0 Å². The van der Waals surface area contributed by atoms with E-state index < -0.39 is 0 Å². The van der Waals surface area contributed by atoms with E-state index in [-0.39, 0.29) is 0 Å². The van der Waals surface area contributed by atoms with Crippen molar-refractivity contribution < 1.29 is 4.74 Å². The fourth-order valence-corrected chi connectivity index (χ4v) is 5.02. The number of benzene rings is 1. The number of nitrogens with zero attached hydrogens (tertiary/aromatic N) is 3. The van der Waals surface area contributed by atoms with Crippen molar-refractivity contribution in [3.8, 4) is 11.4 Å². The molecule has 2 atom stereocenters. The summed E-state index contributed by atoms with van der Waals surface area (Å²) in [6.45, 7) is 1.85. The van der Waals surface area contributed by atoms with Crippen molar-refractivity contribution in [2.45, 2.75) is 25.0 Å². The standard InChI is InChI=1S/C20H18N4OS/c1-4-16-12(5-7-21-16)9-13(1)19-22-17-6-8-26-18(17)20(23-19)24-10-14-2-3-15(11-24)25-14/h1,4-9,14-15,21H,2-3,10-11H2. The molecule has 3 aromatic heterocycles. The van der Waals surface area contributed by atoms with Crippen LogP contribution in [0.1, 0.15) is 12.8 Å². The van der Waals surface area contributed by atoms with Crippen LogP contribution in [-0.2, 0) is 4.74 Å². The molecular formula is C20H18N4OS. The van der Waals surface area contributed by atoms with Gasteiger partial charge in [0.05, 0.1) is 22.4 Å². The van der Waals surface area contributed by atoms with Crippen molar-refractivity contribution in [2.75, 3.05) is 18.0 Å². The summed E-state index contributed by atoms with van der Waals surface area (Å²) in [5, 5.41) is 3.29. The first kappa shape index (κ1) is 14.7. The molecule has 2 aliphatic rings. The second-order valence-corrected chi connectivity index (χ2v) is 8.06. The maximum absolute atomic E-state index is 6.01. The molecule has 2 fully saturated rings. The van der Waals surface area contributed by atoms with Gasteiger partial charge in [-0.25, -0.2) is 9.97 Å². The van der Waals surface area contributed by atoms with Gasteiger partial charge in [0, 0.05) is 35.8 Å². The Balaban J connectivity index is 1.50. The van der Waals surface area contributed by atoms with Gasteiger partial charge >= 0.3 is 0 Å². The lowest BCUT2D eigenvalue weighted by Crippen LogP contribution is -2.43. The summed E-state index contributed by atoms with van der Waals surface area (Å²) >= 11 is 1.73. The molecule has 0 spiro atoms. The highest BCUT2D eigenvalue weighted by Crippen LogP contribution is 2.36. The van der Waals surface area contributed by atoms with Gasteiger partial charge in [0.25, 0.3) is 0 Å². The molecule has 6 rings (SSSR count). The fourth-order valence-electron chi connectivity index (χ4n) is 4.17. The van der Waals surface area contributed by atoms with Gasteiger partial charge < -0.3 is 14.6 Å². The van der Waals surface area contributed by atoms with E-state index in [9.17, 15) is 0 Å². The number of morpholine rings is 1. The number of fused-ring (bicyclic) bond motifs is 4. The van der Waals surface area contributed by atoms with E-state index in [4.69, 9.17) is 14.7 Å². The summed E-state index contributed by atoms with van der Waals surface area (Å²) in [6, 6.07) is 10.5. The van der Waals surface area contributed by atoms with Gasteiger partial charge in [-0.15, -0.1) is 11.3 Å². The Bertz CT molecular complexity index is 1110. The summed E-state index contributed by atoms with van der Waals surface area (Å²) in [7, 11) is 0. The maximum Gasteiger partial charge on any atom is 0.162 e. The zero-order valence-electron chi connectivity index (χ0n) is 14.2. The summed E-state index contributed by atoms with van der Waals surface area (Å²) in [5.74, 6) is 1.86. The van der Waals surface area contributed by atoms with Crippen LogP contribution in [0.4, 0.5) is 5.82 Å². The van der Waals surface area contributed by atoms with Crippen molar-refractivity contribution >= 4 is 38.3 Å². The first-order valence-corrected chi connectivity index (χ1v) is 9.95. The number of H-pyrrole nitrogens is 1. The molecule has 26 heavy (non-hydrogen) atoms. The Morgan fingerprint density at radius 3 is 2.85 bits per heavy atom. The van der Waals surface area contributed by atoms with Crippen LogP contribution >= 0.6 is 11.3 Å². The lowest BCUT2D eigenvalue weighted by atomic mass is 10.1. The molecular weight excluding hydrogens is 344 g/mol. The number of anilines is 1. The van der Waals surface area contributed by atoms with Crippen LogP contribution in [0.5, 0.6) is 0 Å². The summed E-state index contributed by atoms with van der Waals surface area (Å²) in [5.41, 5.74) is 3.22. The number of ether oxygens (including phenoxy) is 1. The lowest BCUT2D eigenvalue weighted by Gasteiger charge is -2.33. The van der Waals surface area contributed by atoms with Crippen LogP contribution in [0.3, 0.4) is 0 Å². The Morgan fingerprint density at radius 2 is 1.96 bits per heavy atom. The number of hydrogen-bond acceptors (Lipinski definition) is 5. The molecule has 0 amide bonds. The number of thiophene rings is 1. The van der Waals surface area contributed by atoms with Gasteiger partial charge in [-0.3, -0.25) is 0 Å². The number of nitrogens with one attached hydrogen (secondary N) is 1. The molecule has 130 valence electrons.